The van der Waals surface area contributed by atoms with E-state index in [9.17, 15) is 9.59 Å². The molecule has 4 rings (SSSR count). The summed E-state index contributed by atoms with van der Waals surface area (Å²) >= 11 is 0. The second-order valence-electron chi connectivity index (χ2n) is 8.26. The van der Waals surface area contributed by atoms with Crippen LogP contribution in [0.5, 0.6) is 23.0 Å². The number of benzene rings is 4. The molecule has 4 aromatic carbocycles. The van der Waals surface area contributed by atoms with Crippen molar-refractivity contribution in [1.29, 1.82) is 0 Å². The SMILES string of the molecule is CCCOc1ccc(C(=O)Oc2ccc(/C=N/NC(=O)COc3ccc4ccccc4c3)cc2OC)cc1. The summed E-state index contributed by atoms with van der Waals surface area (Å²) < 4.78 is 22.0. The summed E-state index contributed by atoms with van der Waals surface area (Å²) in [5, 5.41) is 6.09. The molecule has 0 spiro atoms. The van der Waals surface area contributed by atoms with E-state index in [2.05, 4.69) is 10.5 Å². The first-order valence-electron chi connectivity index (χ1n) is 12.1. The van der Waals surface area contributed by atoms with E-state index in [1.54, 1.807) is 42.5 Å². The molecule has 0 radical (unpaired) electrons. The van der Waals surface area contributed by atoms with E-state index in [-0.39, 0.29) is 12.4 Å². The third-order valence-electron chi connectivity index (χ3n) is 5.45. The highest BCUT2D eigenvalue weighted by atomic mass is 16.6. The number of hydrazone groups is 1. The van der Waals surface area contributed by atoms with Gasteiger partial charge in [-0.3, -0.25) is 4.79 Å². The van der Waals surface area contributed by atoms with Gasteiger partial charge in [0.2, 0.25) is 0 Å². The predicted octanol–water partition coefficient (Wildman–Crippen LogP) is 5.39. The van der Waals surface area contributed by atoms with Crippen molar-refractivity contribution < 1.29 is 28.5 Å². The first-order valence-corrected chi connectivity index (χ1v) is 12.1. The fraction of sp³-hybridized carbons (Fsp3) is 0.167. The first kappa shape index (κ1) is 26.2. The Kier molecular flexibility index (Phi) is 8.91. The van der Waals surface area contributed by atoms with Gasteiger partial charge < -0.3 is 18.9 Å². The van der Waals surface area contributed by atoms with Gasteiger partial charge in [-0.1, -0.05) is 37.3 Å². The van der Waals surface area contributed by atoms with Crippen LogP contribution in [0.3, 0.4) is 0 Å². The van der Waals surface area contributed by atoms with Crippen molar-refractivity contribution in [2.24, 2.45) is 5.10 Å². The average molecular weight is 513 g/mol. The van der Waals surface area contributed by atoms with Crippen molar-refractivity contribution >= 4 is 28.9 Å². The molecule has 1 N–H and O–H groups in total. The van der Waals surface area contributed by atoms with Crippen molar-refractivity contribution in [2.75, 3.05) is 20.3 Å². The normalized spacial score (nSPS) is 10.8. The molecule has 0 bridgehead atoms. The average Bonchev–Trinajstić information content (AvgIpc) is 2.95. The molecule has 8 nitrogen and oxygen atoms in total. The van der Waals surface area contributed by atoms with Crippen LogP contribution in [-0.4, -0.2) is 38.4 Å². The molecule has 0 aliphatic heterocycles. The summed E-state index contributed by atoms with van der Waals surface area (Å²) in [5.41, 5.74) is 3.45. The molecule has 8 heteroatoms. The maximum Gasteiger partial charge on any atom is 0.343 e. The maximum atomic E-state index is 12.6. The van der Waals surface area contributed by atoms with Crippen molar-refractivity contribution in [3.63, 3.8) is 0 Å². The van der Waals surface area contributed by atoms with Crippen LogP contribution in [-0.2, 0) is 4.79 Å². The van der Waals surface area contributed by atoms with Crippen LogP contribution in [0.2, 0.25) is 0 Å². The van der Waals surface area contributed by atoms with Gasteiger partial charge in [-0.05, 0) is 77.4 Å². The molecular formula is C30H28N2O6. The zero-order valence-electron chi connectivity index (χ0n) is 21.2. The molecule has 4 aromatic rings. The summed E-state index contributed by atoms with van der Waals surface area (Å²) in [7, 11) is 1.47. The fourth-order valence-electron chi connectivity index (χ4n) is 3.53. The number of carbonyl (C=O) groups is 2. The van der Waals surface area contributed by atoms with Crippen LogP contribution < -0.4 is 24.4 Å². The topological polar surface area (TPSA) is 95.5 Å². The number of nitrogens with one attached hydrogen (secondary N) is 1. The van der Waals surface area contributed by atoms with Crippen LogP contribution in [0.4, 0.5) is 0 Å². The van der Waals surface area contributed by atoms with E-state index in [4.69, 9.17) is 18.9 Å². The van der Waals surface area contributed by atoms with Crippen LogP contribution in [0.25, 0.3) is 10.8 Å². The molecule has 0 aliphatic carbocycles. The molecule has 0 saturated carbocycles. The molecule has 0 aliphatic rings. The minimum absolute atomic E-state index is 0.181. The molecule has 38 heavy (non-hydrogen) atoms. The van der Waals surface area contributed by atoms with Gasteiger partial charge in [0.15, 0.2) is 18.1 Å². The summed E-state index contributed by atoms with van der Waals surface area (Å²) in [6.07, 6.45) is 2.36. The van der Waals surface area contributed by atoms with Crippen LogP contribution in [0.1, 0.15) is 29.3 Å². The Labute approximate surface area is 220 Å². The molecular weight excluding hydrogens is 484 g/mol. The zero-order valence-corrected chi connectivity index (χ0v) is 21.2. The molecule has 0 heterocycles. The van der Waals surface area contributed by atoms with Gasteiger partial charge >= 0.3 is 5.97 Å². The number of carbonyl (C=O) groups excluding carboxylic acids is 2. The van der Waals surface area contributed by atoms with Gasteiger partial charge in [-0.25, -0.2) is 10.2 Å². The number of ether oxygens (including phenoxy) is 4. The summed E-state index contributed by atoms with van der Waals surface area (Å²) in [6, 6.07) is 25.2. The lowest BCUT2D eigenvalue weighted by atomic mass is 10.1. The Balaban J connectivity index is 1.30. The van der Waals surface area contributed by atoms with Crippen molar-refractivity contribution in [2.45, 2.75) is 13.3 Å². The summed E-state index contributed by atoms with van der Waals surface area (Å²) in [6.45, 7) is 2.45. The van der Waals surface area contributed by atoms with Crippen LogP contribution in [0.15, 0.2) is 90.0 Å². The number of hydrogen-bond acceptors (Lipinski definition) is 7. The van der Waals surface area contributed by atoms with E-state index in [1.807, 2.05) is 49.4 Å². The number of nitrogens with zero attached hydrogens (tertiary/aromatic N) is 1. The van der Waals surface area contributed by atoms with Crippen LogP contribution >= 0.6 is 0 Å². The van der Waals surface area contributed by atoms with E-state index in [0.29, 0.717) is 35.0 Å². The van der Waals surface area contributed by atoms with Gasteiger partial charge in [0.25, 0.3) is 5.91 Å². The Morgan fingerprint density at radius 3 is 2.37 bits per heavy atom. The number of esters is 1. The van der Waals surface area contributed by atoms with Gasteiger partial charge in [-0.15, -0.1) is 0 Å². The van der Waals surface area contributed by atoms with Gasteiger partial charge in [-0.2, -0.15) is 5.10 Å². The highest BCUT2D eigenvalue weighted by Crippen LogP contribution is 2.28. The number of hydrogen-bond donors (Lipinski definition) is 1. The van der Waals surface area contributed by atoms with Crippen molar-refractivity contribution in [1.82, 2.24) is 5.43 Å². The molecule has 194 valence electrons. The lowest BCUT2D eigenvalue weighted by molar-refractivity contribution is -0.123. The second-order valence-corrected chi connectivity index (χ2v) is 8.26. The predicted molar refractivity (Wildman–Crippen MR) is 145 cm³/mol. The lowest BCUT2D eigenvalue weighted by Crippen LogP contribution is -2.24. The van der Waals surface area contributed by atoms with E-state index >= 15 is 0 Å². The highest BCUT2D eigenvalue weighted by molar-refractivity contribution is 5.92. The number of amides is 1. The lowest BCUT2D eigenvalue weighted by Gasteiger charge is -2.10. The smallest absolute Gasteiger partial charge is 0.343 e. The Morgan fingerprint density at radius 1 is 0.842 bits per heavy atom. The minimum Gasteiger partial charge on any atom is -0.494 e. The van der Waals surface area contributed by atoms with Crippen molar-refractivity contribution in [3.8, 4) is 23.0 Å². The first-order chi connectivity index (χ1) is 18.6. The quantitative estimate of drug-likeness (QED) is 0.125. The Hall–Kier alpha value is -4.85. The summed E-state index contributed by atoms with van der Waals surface area (Å²) in [4.78, 5) is 24.7. The maximum absolute atomic E-state index is 12.6. The summed E-state index contributed by atoms with van der Waals surface area (Å²) in [5.74, 6) is 0.962. The molecule has 0 fully saturated rings. The molecule has 0 saturated heterocycles. The monoisotopic (exact) mass is 512 g/mol. The van der Waals surface area contributed by atoms with E-state index in [0.717, 1.165) is 17.2 Å². The molecule has 1 amide bonds. The van der Waals surface area contributed by atoms with Gasteiger partial charge in [0.1, 0.15) is 11.5 Å². The highest BCUT2D eigenvalue weighted by Gasteiger charge is 2.13. The standard InChI is InChI=1S/C30H28N2O6/c1-3-16-36-25-12-10-23(11-13-25)30(34)38-27-15-8-21(17-28(27)35-2)19-31-32-29(33)20-37-26-14-9-22-6-4-5-7-24(22)18-26/h4-15,17-19H,3,16,20H2,1-2H3,(H,32,33)/b31-19+. The Bertz CT molecular complexity index is 1430. The number of methoxy groups -OCH3 is 1. The molecule has 0 atom stereocenters. The third kappa shape index (κ3) is 7.10. The van der Waals surface area contributed by atoms with E-state index < -0.39 is 11.9 Å². The van der Waals surface area contributed by atoms with Gasteiger partial charge in [0.05, 0.1) is 25.5 Å². The molecule has 0 unspecified atom stereocenters. The largest absolute Gasteiger partial charge is 0.494 e. The zero-order chi connectivity index (χ0) is 26.7. The van der Waals surface area contributed by atoms with Crippen LogP contribution in [0, 0.1) is 0 Å². The second kappa shape index (κ2) is 12.9. The fourth-order valence-corrected chi connectivity index (χ4v) is 3.53. The Morgan fingerprint density at radius 2 is 1.61 bits per heavy atom. The third-order valence-corrected chi connectivity index (χ3v) is 5.45. The minimum atomic E-state index is -0.523. The molecule has 0 aromatic heterocycles. The van der Waals surface area contributed by atoms with Gasteiger partial charge in [0, 0.05) is 0 Å². The number of rotatable bonds is 11. The number of fused-ring (bicyclic) bond motifs is 1. The van der Waals surface area contributed by atoms with E-state index in [1.165, 1.54) is 13.3 Å². The van der Waals surface area contributed by atoms with Crippen molar-refractivity contribution in [3.05, 3.63) is 96.1 Å².